The number of aromatic hydroxyl groups is 1. The van der Waals surface area contributed by atoms with Crippen molar-refractivity contribution in [3.05, 3.63) is 59.0 Å². The molecular weight excluding hydrogens is 390 g/mol. The van der Waals surface area contributed by atoms with Gasteiger partial charge in [-0.3, -0.25) is 4.79 Å². The second-order valence-electron chi connectivity index (χ2n) is 8.76. The molecule has 0 aliphatic carbocycles. The summed E-state index contributed by atoms with van der Waals surface area (Å²) in [6.07, 6.45) is 6.82. The number of rotatable bonds is 5. The van der Waals surface area contributed by atoms with E-state index in [1.165, 1.54) is 36.3 Å². The summed E-state index contributed by atoms with van der Waals surface area (Å²) >= 11 is 0. The number of benzene rings is 1. The van der Waals surface area contributed by atoms with Crippen molar-refractivity contribution in [3.8, 4) is 28.1 Å². The third-order valence-electron chi connectivity index (χ3n) is 6.50. The Bertz CT molecular complexity index is 1130. The van der Waals surface area contributed by atoms with Crippen LogP contribution >= 0.6 is 0 Å². The number of phenolic OH excluding ortho intramolecular Hbond substituents is 1. The maximum absolute atomic E-state index is 11.6. The fourth-order valence-electron chi connectivity index (χ4n) is 4.85. The van der Waals surface area contributed by atoms with Gasteiger partial charge >= 0.3 is 0 Å². The lowest BCUT2D eigenvalue weighted by Gasteiger charge is -2.29. The van der Waals surface area contributed by atoms with Gasteiger partial charge in [0.2, 0.25) is 5.56 Å². The van der Waals surface area contributed by atoms with E-state index in [-0.39, 0.29) is 11.3 Å². The number of pyridine rings is 1. The molecule has 2 saturated heterocycles. The molecule has 31 heavy (non-hydrogen) atoms. The predicted octanol–water partition coefficient (Wildman–Crippen LogP) is 3.16. The highest BCUT2D eigenvalue weighted by atomic mass is 16.3. The molecule has 7 nitrogen and oxygen atoms in total. The van der Waals surface area contributed by atoms with Gasteiger partial charge in [-0.1, -0.05) is 6.07 Å². The Labute approximate surface area is 181 Å². The zero-order valence-corrected chi connectivity index (χ0v) is 17.6. The van der Waals surface area contributed by atoms with Crippen LogP contribution in [0.2, 0.25) is 0 Å². The van der Waals surface area contributed by atoms with Gasteiger partial charge in [-0.25, -0.2) is 0 Å². The van der Waals surface area contributed by atoms with Crippen molar-refractivity contribution >= 4 is 5.82 Å². The quantitative estimate of drug-likeness (QED) is 0.591. The summed E-state index contributed by atoms with van der Waals surface area (Å²) in [5.74, 6) is 1.57. The molecule has 3 aromatic rings. The Morgan fingerprint density at radius 3 is 2.52 bits per heavy atom. The Morgan fingerprint density at radius 1 is 1.06 bits per heavy atom. The van der Waals surface area contributed by atoms with E-state index in [9.17, 15) is 9.90 Å². The van der Waals surface area contributed by atoms with Crippen molar-refractivity contribution in [1.29, 1.82) is 0 Å². The molecule has 160 valence electrons. The fourth-order valence-corrected chi connectivity index (χ4v) is 4.85. The maximum atomic E-state index is 11.6. The fraction of sp³-hybridized carbons (Fsp3) is 0.375. The number of hydrogen-bond donors (Lipinski definition) is 3. The SMILES string of the molecule is Cn1cc(-c2ccc(-c3ccc(NCC4CC5CCC(C4)N5)nn3)c(O)c2)ccc1=O. The van der Waals surface area contributed by atoms with E-state index in [1.807, 2.05) is 24.3 Å². The molecule has 2 fully saturated rings. The minimum atomic E-state index is -0.0684. The number of nitrogens with zero attached hydrogens (tertiary/aromatic N) is 3. The molecule has 0 saturated carbocycles. The van der Waals surface area contributed by atoms with Gasteiger partial charge in [0, 0.05) is 43.5 Å². The molecule has 2 bridgehead atoms. The first-order chi connectivity index (χ1) is 15.0. The van der Waals surface area contributed by atoms with Crippen molar-refractivity contribution in [2.75, 3.05) is 11.9 Å². The predicted molar refractivity (Wildman–Crippen MR) is 121 cm³/mol. The Kier molecular flexibility index (Phi) is 5.19. The second kappa shape index (κ2) is 8.15. The highest BCUT2D eigenvalue weighted by Gasteiger charge is 2.33. The first kappa shape index (κ1) is 19.8. The van der Waals surface area contributed by atoms with Crippen LogP contribution in [0.1, 0.15) is 25.7 Å². The van der Waals surface area contributed by atoms with Gasteiger partial charge < -0.3 is 20.3 Å². The molecule has 0 radical (unpaired) electrons. The van der Waals surface area contributed by atoms with Crippen molar-refractivity contribution in [1.82, 2.24) is 20.1 Å². The standard InChI is InChI=1S/C24H27N5O2/c1-29-14-17(3-9-24(29)31)16-2-6-20(22(30)12-16)21-7-8-23(28-27-21)25-13-15-10-18-4-5-19(11-15)26-18/h2-3,6-9,12,14-15,18-19,26,30H,4-5,10-11,13H2,1H3,(H,25,28). The van der Waals surface area contributed by atoms with Crippen LogP contribution in [-0.2, 0) is 7.05 Å². The van der Waals surface area contributed by atoms with Crippen molar-refractivity contribution in [2.24, 2.45) is 13.0 Å². The summed E-state index contributed by atoms with van der Waals surface area (Å²) in [5.41, 5.74) is 2.87. The molecule has 0 amide bonds. The molecule has 4 heterocycles. The molecule has 2 unspecified atom stereocenters. The highest BCUT2D eigenvalue weighted by Crippen LogP contribution is 2.33. The molecule has 1 aromatic carbocycles. The van der Waals surface area contributed by atoms with Crippen molar-refractivity contribution in [3.63, 3.8) is 0 Å². The first-order valence-electron chi connectivity index (χ1n) is 10.9. The minimum absolute atomic E-state index is 0.0684. The van der Waals surface area contributed by atoms with E-state index in [1.54, 1.807) is 25.4 Å². The minimum Gasteiger partial charge on any atom is -0.507 e. The average molecular weight is 418 g/mol. The molecule has 2 aromatic heterocycles. The van der Waals surface area contributed by atoms with E-state index in [2.05, 4.69) is 20.8 Å². The van der Waals surface area contributed by atoms with Crippen molar-refractivity contribution < 1.29 is 5.11 Å². The number of fused-ring (bicyclic) bond motifs is 2. The lowest BCUT2D eigenvalue weighted by atomic mass is 9.92. The van der Waals surface area contributed by atoms with Crippen LogP contribution in [0, 0.1) is 5.92 Å². The molecular formula is C24H27N5O2. The molecule has 0 spiro atoms. The van der Waals surface area contributed by atoms with Crippen LogP contribution < -0.4 is 16.2 Å². The number of anilines is 1. The van der Waals surface area contributed by atoms with Gasteiger partial charge in [-0.05, 0) is 73.1 Å². The van der Waals surface area contributed by atoms with E-state index in [0.717, 1.165) is 23.5 Å². The monoisotopic (exact) mass is 417 g/mol. The summed E-state index contributed by atoms with van der Waals surface area (Å²) in [6, 6.07) is 13.9. The van der Waals surface area contributed by atoms with Crippen LogP contribution in [-0.4, -0.2) is 38.5 Å². The first-order valence-corrected chi connectivity index (χ1v) is 10.9. The van der Waals surface area contributed by atoms with Gasteiger partial charge in [0.1, 0.15) is 11.6 Å². The summed E-state index contributed by atoms with van der Waals surface area (Å²) in [7, 11) is 1.71. The Morgan fingerprint density at radius 2 is 1.84 bits per heavy atom. The molecule has 2 aliphatic heterocycles. The highest BCUT2D eigenvalue weighted by molar-refractivity contribution is 5.74. The summed E-state index contributed by atoms with van der Waals surface area (Å²) in [4.78, 5) is 11.6. The largest absolute Gasteiger partial charge is 0.507 e. The van der Waals surface area contributed by atoms with E-state index in [4.69, 9.17) is 0 Å². The average Bonchev–Trinajstić information content (AvgIpc) is 3.12. The number of phenols is 1. The zero-order valence-electron chi connectivity index (χ0n) is 17.6. The van der Waals surface area contributed by atoms with Gasteiger partial charge in [-0.15, -0.1) is 10.2 Å². The normalized spacial score (nSPS) is 22.4. The zero-order chi connectivity index (χ0) is 21.4. The second-order valence-corrected chi connectivity index (χ2v) is 8.76. The summed E-state index contributed by atoms with van der Waals surface area (Å²) in [6.45, 7) is 0.919. The molecule has 2 atom stereocenters. The summed E-state index contributed by atoms with van der Waals surface area (Å²) < 4.78 is 1.52. The van der Waals surface area contributed by atoms with Crippen molar-refractivity contribution in [2.45, 2.75) is 37.8 Å². The molecule has 2 aliphatic rings. The number of piperidine rings is 1. The van der Waals surface area contributed by atoms with Gasteiger partial charge in [-0.2, -0.15) is 0 Å². The van der Waals surface area contributed by atoms with E-state index in [0.29, 0.717) is 29.3 Å². The van der Waals surface area contributed by atoms with Crippen LogP contribution in [0.15, 0.2) is 53.5 Å². The Balaban J connectivity index is 1.27. The molecule has 3 N–H and O–H groups in total. The number of aromatic nitrogens is 3. The van der Waals surface area contributed by atoms with Gasteiger partial charge in [0.05, 0.1) is 5.69 Å². The lowest BCUT2D eigenvalue weighted by molar-refractivity contribution is 0.311. The smallest absolute Gasteiger partial charge is 0.250 e. The third-order valence-corrected chi connectivity index (χ3v) is 6.50. The number of hydrogen-bond acceptors (Lipinski definition) is 6. The molecule has 7 heteroatoms. The van der Waals surface area contributed by atoms with E-state index < -0.39 is 0 Å². The van der Waals surface area contributed by atoms with Crippen LogP contribution in [0.3, 0.4) is 0 Å². The summed E-state index contributed by atoms with van der Waals surface area (Å²) in [5, 5.41) is 26.3. The number of nitrogens with one attached hydrogen (secondary N) is 2. The third kappa shape index (κ3) is 4.18. The van der Waals surface area contributed by atoms with Gasteiger partial charge in [0.15, 0.2) is 0 Å². The maximum Gasteiger partial charge on any atom is 0.250 e. The lowest BCUT2D eigenvalue weighted by Crippen LogP contribution is -2.40. The topological polar surface area (TPSA) is 92.1 Å². The van der Waals surface area contributed by atoms with Gasteiger partial charge in [0.25, 0.3) is 0 Å². The Hall–Kier alpha value is -3.19. The number of aryl methyl sites for hydroxylation is 1. The van der Waals surface area contributed by atoms with E-state index >= 15 is 0 Å². The van der Waals surface area contributed by atoms with Crippen LogP contribution in [0.5, 0.6) is 5.75 Å². The van der Waals surface area contributed by atoms with Crippen LogP contribution in [0.25, 0.3) is 22.4 Å². The van der Waals surface area contributed by atoms with Crippen LogP contribution in [0.4, 0.5) is 5.82 Å². The molecule has 5 rings (SSSR count).